The Morgan fingerprint density at radius 3 is 1.52 bits per heavy atom. The zero-order chi connectivity index (χ0) is 20.7. The lowest BCUT2D eigenvalue weighted by molar-refractivity contribution is -0.137. The van der Waals surface area contributed by atoms with Crippen LogP contribution in [0.3, 0.4) is 0 Å². The lowest BCUT2D eigenvalue weighted by Gasteiger charge is -2.03. The fourth-order valence-corrected chi connectivity index (χ4v) is 2.69. The average molecular weight is 380 g/mol. The summed E-state index contributed by atoms with van der Waals surface area (Å²) in [6, 6.07) is 4.17. The van der Waals surface area contributed by atoms with Crippen molar-refractivity contribution in [3.63, 3.8) is 0 Å². The van der Waals surface area contributed by atoms with E-state index in [2.05, 4.69) is 6.92 Å². The van der Waals surface area contributed by atoms with Crippen LogP contribution < -0.4 is 0 Å². The molecule has 0 bridgehead atoms. The number of aliphatic carboxylic acids is 1. The highest BCUT2D eigenvalue weighted by Crippen LogP contribution is 2.13. The van der Waals surface area contributed by atoms with Crippen LogP contribution in [0.5, 0.6) is 0 Å². The van der Waals surface area contributed by atoms with Crippen LogP contribution in [0, 0.1) is 6.92 Å². The van der Waals surface area contributed by atoms with Gasteiger partial charge in [-0.3, -0.25) is 4.79 Å². The first-order chi connectivity index (χ1) is 12.8. The van der Waals surface area contributed by atoms with E-state index >= 15 is 0 Å². The SMILES string of the molecule is CCCCCCCCCCCC(=O)O.Cc1c(C(=O)O)cccc1C(=O)O. The molecule has 0 amide bonds. The number of carboxylic acid groups (broad SMARTS) is 3. The van der Waals surface area contributed by atoms with Crippen molar-refractivity contribution in [2.45, 2.75) is 78.1 Å². The van der Waals surface area contributed by atoms with Crippen molar-refractivity contribution in [1.29, 1.82) is 0 Å². The smallest absolute Gasteiger partial charge is 0.335 e. The molecule has 0 radical (unpaired) electrons. The summed E-state index contributed by atoms with van der Waals surface area (Å²) >= 11 is 0. The van der Waals surface area contributed by atoms with Gasteiger partial charge in [-0.15, -0.1) is 0 Å². The van der Waals surface area contributed by atoms with Crippen molar-refractivity contribution in [1.82, 2.24) is 0 Å². The van der Waals surface area contributed by atoms with E-state index in [0.29, 0.717) is 6.42 Å². The Kier molecular flexibility index (Phi) is 13.5. The van der Waals surface area contributed by atoms with Gasteiger partial charge in [-0.2, -0.15) is 0 Å². The summed E-state index contributed by atoms with van der Waals surface area (Å²) in [5.74, 6) is -2.88. The van der Waals surface area contributed by atoms with Gasteiger partial charge in [0.25, 0.3) is 0 Å². The maximum absolute atomic E-state index is 10.6. The Hall–Kier alpha value is -2.37. The summed E-state index contributed by atoms with van der Waals surface area (Å²) < 4.78 is 0. The van der Waals surface area contributed by atoms with E-state index in [1.165, 1.54) is 70.1 Å². The van der Waals surface area contributed by atoms with Gasteiger partial charge in [-0.25, -0.2) is 9.59 Å². The van der Waals surface area contributed by atoms with Crippen LogP contribution in [-0.4, -0.2) is 33.2 Å². The summed E-state index contributed by atoms with van der Waals surface area (Å²) in [5.41, 5.74) is 0.335. The molecule has 0 heterocycles. The molecule has 27 heavy (non-hydrogen) atoms. The molecule has 0 aliphatic heterocycles. The summed E-state index contributed by atoms with van der Waals surface area (Å²) in [5, 5.41) is 25.8. The van der Waals surface area contributed by atoms with Gasteiger partial charge < -0.3 is 15.3 Å². The largest absolute Gasteiger partial charge is 0.481 e. The van der Waals surface area contributed by atoms with E-state index in [-0.39, 0.29) is 16.7 Å². The fraction of sp³-hybridized carbons (Fsp3) is 0.571. The van der Waals surface area contributed by atoms with Crippen LogP contribution in [0.1, 0.15) is 97.4 Å². The maximum atomic E-state index is 10.6. The number of aromatic carboxylic acids is 2. The van der Waals surface area contributed by atoms with Crippen LogP contribution >= 0.6 is 0 Å². The highest BCUT2D eigenvalue weighted by atomic mass is 16.4. The predicted molar refractivity (Wildman–Crippen MR) is 105 cm³/mol. The molecule has 0 saturated heterocycles. The highest BCUT2D eigenvalue weighted by molar-refractivity contribution is 5.96. The van der Waals surface area contributed by atoms with Crippen molar-refractivity contribution >= 4 is 17.9 Å². The molecule has 0 unspecified atom stereocenters. The Balaban J connectivity index is 0.000000501. The number of carboxylic acids is 3. The second-order valence-corrected chi connectivity index (χ2v) is 6.56. The molecule has 152 valence electrons. The van der Waals surface area contributed by atoms with E-state index in [1.54, 1.807) is 0 Å². The van der Waals surface area contributed by atoms with Gasteiger partial charge in [-0.05, 0) is 31.0 Å². The maximum Gasteiger partial charge on any atom is 0.335 e. The van der Waals surface area contributed by atoms with Gasteiger partial charge in [0.2, 0.25) is 0 Å². The first kappa shape index (κ1) is 24.6. The molecule has 6 nitrogen and oxygen atoms in total. The Morgan fingerprint density at radius 2 is 1.15 bits per heavy atom. The molecule has 0 aromatic heterocycles. The molecule has 0 aliphatic rings. The quantitative estimate of drug-likeness (QED) is 0.419. The number of benzene rings is 1. The Labute approximate surface area is 161 Å². The third kappa shape index (κ3) is 11.8. The zero-order valence-corrected chi connectivity index (χ0v) is 16.4. The molecule has 1 aromatic rings. The monoisotopic (exact) mass is 380 g/mol. The van der Waals surface area contributed by atoms with Crippen molar-refractivity contribution in [2.24, 2.45) is 0 Å². The lowest BCUT2D eigenvalue weighted by Crippen LogP contribution is -2.06. The third-order valence-electron chi connectivity index (χ3n) is 4.29. The number of hydrogen-bond acceptors (Lipinski definition) is 3. The van der Waals surface area contributed by atoms with Gasteiger partial charge >= 0.3 is 17.9 Å². The molecule has 0 aliphatic carbocycles. The minimum atomic E-state index is -1.11. The predicted octanol–water partition coefficient (Wildman–Crippen LogP) is 5.38. The van der Waals surface area contributed by atoms with E-state index in [4.69, 9.17) is 15.3 Å². The van der Waals surface area contributed by atoms with Crippen LogP contribution in [0.4, 0.5) is 0 Å². The number of rotatable bonds is 12. The molecule has 0 fully saturated rings. The van der Waals surface area contributed by atoms with Gasteiger partial charge in [0, 0.05) is 6.42 Å². The van der Waals surface area contributed by atoms with Crippen molar-refractivity contribution in [2.75, 3.05) is 0 Å². The highest BCUT2D eigenvalue weighted by Gasteiger charge is 2.13. The average Bonchev–Trinajstić information content (AvgIpc) is 2.60. The van der Waals surface area contributed by atoms with Gasteiger partial charge in [0.15, 0.2) is 0 Å². The van der Waals surface area contributed by atoms with Crippen molar-refractivity contribution in [3.05, 3.63) is 34.9 Å². The van der Waals surface area contributed by atoms with Crippen LogP contribution in [0.15, 0.2) is 18.2 Å². The molecule has 1 rings (SSSR count). The molecular weight excluding hydrogens is 348 g/mol. The molecule has 0 atom stereocenters. The van der Waals surface area contributed by atoms with E-state index in [1.807, 2.05) is 0 Å². The Morgan fingerprint density at radius 1 is 0.741 bits per heavy atom. The zero-order valence-electron chi connectivity index (χ0n) is 16.4. The van der Waals surface area contributed by atoms with Crippen molar-refractivity contribution < 1.29 is 29.7 Å². The second kappa shape index (κ2) is 14.8. The topological polar surface area (TPSA) is 112 Å². The van der Waals surface area contributed by atoms with Crippen LogP contribution in [0.25, 0.3) is 0 Å². The number of carbonyl (C=O) groups is 3. The summed E-state index contributed by atoms with van der Waals surface area (Å²) in [7, 11) is 0. The molecule has 0 saturated carbocycles. The Bertz CT molecular complexity index is 562. The molecule has 6 heteroatoms. The molecule has 3 N–H and O–H groups in total. The fourth-order valence-electron chi connectivity index (χ4n) is 2.69. The summed E-state index contributed by atoms with van der Waals surface area (Å²) in [6.07, 6.45) is 11.5. The van der Waals surface area contributed by atoms with Crippen LogP contribution in [-0.2, 0) is 4.79 Å². The van der Waals surface area contributed by atoms with E-state index in [0.717, 1.165) is 12.8 Å². The molecule has 1 aromatic carbocycles. The lowest BCUT2D eigenvalue weighted by atomic mass is 10.0. The first-order valence-corrected chi connectivity index (χ1v) is 9.59. The van der Waals surface area contributed by atoms with E-state index in [9.17, 15) is 14.4 Å². The minimum Gasteiger partial charge on any atom is -0.481 e. The minimum absolute atomic E-state index is 0.0277. The summed E-state index contributed by atoms with van der Waals surface area (Å²) in [6.45, 7) is 3.71. The van der Waals surface area contributed by atoms with Gasteiger partial charge in [0.1, 0.15) is 0 Å². The first-order valence-electron chi connectivity index (χ1n) is 9.59. The number of unbranched alkanes of at least 4 members (excludes halogenated alkanes) is 8. The standard InChI is InChI=1S/C12H24O2.C9H8O4/c1-2-3-4-5-6-7-8-9-10-11-12(13)14;1-5-6(8(10)11)3-2-4-7(5)9(12)13/h2-11H2,1H3,(H,13,14);2-4H,1H3,(H,10,11)(H,12,13). The number of hydrogen-bond donors (Lipinski definition) is 3. The van der Waals surface area contributed by atoms with Crippen molar-refractivity contribution in [3.8, 4) is 0 Å². The van der Waals surface area contributed by atoms with Gasteiger partial charge in [0.05, 0.1) is 11.1 Å². The third-order valence-corrected chi connectivity index (χ3v) is 4.29. The van der Waals surface area contributed by atoms with Gasteiger partial charge in [-0.1, -0.05) is 64.4 Å². The second-order valence-electron chi connectivity index (χ2n) is 6.56. The summed E-state index contributed by atoms with van der Waals surface area (Å²) in [4.78, 5) is 31.4. The van der Waals surface area contributed by atoms with E-state index < -0.39 is 17.9 Å². The molecular formula is C21H32O6. The van der Waals surface area contributed by atoms with Crippen LogP contribution in [0.2, 0.25) is 0 Å². The molecule has 0 spiro atoms. The normalized spacial score (nSPS) is 10.0.